The quantitative estimate of drug-likeness (QED) is 0.654. The van der Waals surface area contributed by atoms with Crippen LogP contribution in [0, 0.1) is 11.3 Å². The van der Waals surface area contributed by atoms with Crippen LogP contribution >= 0.6 is 11.6 Å². The Labute approximate surface area is 169 Å². The van der Waals surface area contributed by atoms with Crippen LogP contribution in [0.5, 0.6) is 0 Å². The van der Waals surface area contributed by atoms with Gasteiger partial charge < -0.3 is 10.1 Å². The summed E-state index contributed by atoms with van der Waals surface area (Å²) >= 11 is 6.45. The van der Waals surface area contributed by atoms with Crippen LogP contribution in [0.15, 0.2) is 41.7 Å². The van der Waals surface area contributed by atoms with E-state index in [1.165, 1.54) is 4.68 Å². The summed E-state index contributed by atoms with van der Waals surface area (Å²) < 4.78 is 6.56. The van der Waals surface area contributed by atoms with Crippen LogP contribution in [0.2, 0.25) is 5.02 Å². The van der Waals surface area contributed by atoms with Crippen molar-refractivity contribution in [2.75, 3.05) is 11.9 Å². The number of fused-ring (bicyclic) bond motifs is 1. The molecule has 1 N–H and O–H groups in total. The number of hydrogen-bond acceptors (Lipinski definition) is 5. The molecule has 0 aliphatic carbocycles. The third-order valence-electron chi connectivity index (χ3n) is 4.72. The Morgan fingerprint density at radius 2 is 2.11 bits per heavy atom. The number of anilines is 1. The number of rotatable bonds is 6. The van der Waals surface area contributed by atoms with Gasteiger partial charge in [0.05, 0.1) is 30.4 Å². The van der Waals surface area contributed by atoms with Gasteiger partial charge in [-0.2, -0.15) is 10.4 Å². The van der Waals surface area contributed by atoms with E-state index in [1.54, 1.807) is 12.3 Å². The Morgan fingerprint density at radius 3 is 2.79 bits per heavy atom. The van der Waals surface area contributed by atoms with E-state index in [1.807, 2.05) is 32.0 Å². The number of nitriles is 1. The minimum absolute atomic E-state index is 0.346. The Balaban J connectivity index is 2.08. The maximum Gasteiger partial charge on any atom is 0.436 e. The van der Waals surface area contributed by atoms with Gasteiger partial charge in [0.2, 0.25) is 0 Å². The standard InChI is InChI=1S/C21H23ClN4O2/c1-3-5-11-28-21(27)26-20-16(13-24-26)19(14-9-6-7-10-17(14)22)15(12-23)18(25-20)8-4-2/h6-7,9-10,13,19,25H,3-5,8,11H2,1-2H3. The third kappa shape index (κ3) is 3.76. The summed E-state index contributed by atoms with van der Waals surface area (Å²) in [4.78, 5) is 12.5. The summed E-state index contributed by atoms with van der Waals surface area (Å²) in [5, 5.41) is 18.0. The number of nitrogens with zero attached hydrogens (tertiary/aromatic N) is 3. The van der Waals surface area contributed by atoms with E-state index in [4.69, 9.17) is 16.3 Å². The predicted molar refractivity (Wildman–Crippen MR) is 108 cm³/mol. The summed E-state index contributed by atoms with van der Waals surface area (Å²) in [5.74, 6) is 0.155. The van der Waals surface area contributed by atoms with Crippen LogP contribution in [0.1, 0.15) is 56.6 Å². The van der Waals surface area contributed by atoms with Crippen molar-refractivity contribution in [3.8, 4) is 6.07 Å². The molecule has 1 unspecified atom stereocenters. The zero-order chi connectivity index (χ0) is 20.1. The van der Waals surface area contributed by atoms with Crippen molar-refractivity contribution in [3.05, 3.63) is 57.9 Å². The molecular weight excluding hydrogens is 376 g/mol. The van der Waals surface area contributed by atoms with Crippen molar-refractivity contribution in [2.24, 2.45) is 0 Å². The highest BCUT2D eigenvalue weighted by atomic mass is 35.5. The van der Waals surface area contributed by atoms with Crippen LogP contribution in [0.25, 0.3) is 0 Å². The zero-order valence-corrected chi connectivity index (χ0v) is 16.8. The molecule has 2 aromatic rings. The van der Waals surface area contributed by atoms with Gasteiger partial charge in [0, 0.05) is 16.3 Å². The first-order valence-electron chi connectivity index (χ1n) is 9.51. The summed E-state index contributed by atoms with van der Waals surface area (Å²) in [6.07, 6.45) is 4.34. The average molecular weight is 399 g/mol. The molecule has 0 radical (unpaired) electrons. The number of unbranched alkanes of at least 4 members (excludes halogenated alkanes) is 1. The van der Waals surface area contributed by atoms with E-state index in [0.29, 0.717) is 29.4 Å². The monoisotopic (exact) mass is 398 g/mol. The molecule has 28 heavy (non-hydrogen) atoms. The van der Waals surface area contributed by atoms with Gasteiger partial charge >= 0.3 is 6.09 Å². The summed E-state index contributed by atoms with van der Waals surface area (Å²) in [7, 11) is 0. The number of carbonyl (C=O) groups is 1. The largest absolute Gasteiger partial charge is 0.448 e. The molecule has 1 atom stereocenters. The second-order valence-electron chi connectivity index (χ2n) is 6.66. The first-order valence-corrected chi connectivity index (χ1v) is 9.89. The molecule has 1 aromatic heterocycles. The molecular formula is C21H23ClN4O2. The number of allylic oxidation sites excluding steroid dienone is 2. The molecule has 0 saturated heterocycles. The van der Waals surface area contributed by atoms with Crippen LogP contribution in [0.4, 0.5) is 10.6 Å². The van der Waals surface area contributed by atoms with E-state index in [-0.39, 0.29) is 5.92 Å². The Bertz CT molecular complexity index is 942. The lowest BCUT2D eigenvalue weighted by atomic mass is 9.82. The van der Waals surface area contributed by atoms with Crippen molar-refractivity contribution in [2.45, 2.75) is 45.4 Å². The molecule has 0 amide bonds. The Morgan fingerprint density at radius 1 is 1.32 bits per heavy atom. The topological polar surface area (TPSA) is 79.9 Å². The lowest BCUT2D eigenvalue weighted by Crippen LogP contribution is -2.23. The average Bonchev–Trinajstić information content (AvgIpc) is 3.11. The minimum Gasteiger partial charge on any atom is -0.448 e. The molecule has 0 spiro atoms. The maximum atomic E-state index is 12.5. The first-order chi connectivity index (χ1) is 13.6. The van der Waals surface area contributed by atoms with Crippen LogP contribution in [0.3, 0.4) is 0 Å². The van der Waals surface area contributed by atoms with Gasteiger partial charge in [-0.05, 0) is 24.5 Å². The van der Waals surface area contributed by atoms with E-state index in [0.717, 1.165) is 36.1 Å². The molecule has 146 valence electrons. The number of nitrogens with one attached hydrogen (secondary N) is 1. The molecule has 1 aliphatic rings. The van der Waals surface area contributed by atoms with E-state index in [2.05, 4.69) is 16.5 Å². The number of hydrogen-bond donors (Lipinski definition) is 1. The molecule has 1 aromatic carbocycles. The van der Waals surface area contributed by atoms with Crippen molar-refractivity contribution < 1.29 is 9.53 Å². The van der Waals surface area contributed by atoms with Crippen LogP contribution in [-0.4, -0.2) is 22.5 Å². The number of halogens is 1. The van der Waals surface area contributed by atoms with Crippen molar-refractivity contribution in [1.82, 2.24) is 9.78 Å². The highest BCUT2D eigenvalue weighted by Gasteiger charge is 2.34. The van der Waals surface area contributed by atoms with Crippen LogP contribution in [-0.2, 0) is 4.74 Å². The van der Waals surface area contributed by atoms with E-state index < -0.39 is 6.09 Å². The summed E-state index contributed by atoms with van der Waals surface area (Å²) in [6, 6.07) is 9.79. The SMILES string of the molecule is CCCCOC(=O)n1ncc2c1NC(CCC)=C(C#N)C2c1ccccc1Cl. The summed E-state index contributed by atoms with van der Waals surface area (Å²) in [6.45, 7) is 4.42. The van der Waals surface area contributed by atoms with Gasteiger partial charge in [0.25, 0.3) is 0 Å². The molecule has 7 heteroatoms. The lowest BCUT2D eigenvalue weighted by Gasteiger charge is -2.27. The van der Waals surface area contributed by atoms with Gasteiger partial charge in [-0.25, -0.2) is 4.79 Å². The normalized spacial score (nSPS) is 15.6. The highest BCUT2D eigenvalue weighted by Crippen LogP contribution is 2.44. The maximum absolute atomic E-state index is 12.5. The molecule has 0 saturated carbocycles. The second kappa shape index (κ2) is 8.94. The molecule has 0 bridgehead atoms. The molecule has 3 rings (SSSR count). The predicted octanol–water partition coefficient (Wildman–Crippen LogP) is 5.46. The fourth-order valence-corrected chi connectivity index (χ4v) is 3.60. The van der Waals surface area contributed by atoms with Gasteiger partial charge in [0.1, 0.15) is 5.82 Å². The van der Waals surface area contributed by atoms with Gasteiger partial charge in [-0.1, -0.05) is 56.5 Å². The third-order valence-corrected chi connectivity index (χ3v) is 5.07. The smallest absolute Gasteiger partial charge is 0.436 e. The number of aromatic nitrogens is 2. The molecule has 1 aliphatic heterocycles. The Kier molecular flexibility index (Phi) is 6.37. The van der Waals surface area contributed by atoms with E-state index >= 15 is 0 Å². The molecule has 2 heterocycles. The second-order valence-corrected chi connectivity index (χ2v) is 7.07. The molecule has 6 nitrogen and oxygen atoms in total. The highest BCUT2D eigenvalue weighted by molar-refractivity contribution is 6.31. The fourth-order valence-electron chi connectivity index (χ4n) is 3.35. The Hall–Kier alpha value is -2.78. The number of carbonyl (C=O) groups excluding carboxylic acids is 1. The first kappa shape index (κ1) is 20.0. The lowest BCUT2D eigenvalue weighted by molar-refractivity contribution is 0.143. The fraction of sp³-hybridized carbons (Fsp3) is 0.381. The van der Waals surface area contributed by atoms with E-state index in [9.17, 15) is 10.1 Å². The number of benzene rings is 1. The summed E-state index contributed by atoms with van der Waals surface area (Å²) in [5.41, 5.74) is 2.93. The van der Waals surface area contributed by atoms with Gasteiger partial charge in [-0.3, -0.25) is 0 Å². The zero-order valence-electron chi connectivity index (χ0n) is 16.0. The molecule has 0 fully saturated rings. The van der Waals surface area contributed by atoms with Crippen molar-refractivity contribution in [1.29, 1.82) is 5.26 Å². The van der Waals surface area contributed by atoms with Crippen molar-refractivity contribution in [3.63, 3.8) is 0 Å². The van der Waals surface area contributed by atoms with Crippen molar-refractivity contribution >= 4 is 23.5 Å². The minimum atomic E-state index is -0.531. The van der Waals surface area contributed by atoms with Crippen LogP contribution < -0.4 is 5.32 Å². The van der Waals surface area contributed by atoms with Gasteiger partial charge in [-0.15, -0.1) is 4.68 Å². The number of ether oxygens (including phenoxy) is 1. The van der Waals surface area contributed by atoms with Gasteiger partial charge in [0.15, 0.2) is 0 Å².